The molecule has 1 unspecified atom stereocenters. The van der Waals surface area contributed by atoms with Crippen LogP contribution in [0.4, 0.5) is 14.6 Å². The molecular weight excluding hydrogens is 777 g/mol. The van der Waals surface area contributed by atoms with Crippen LogP contribution in [-0.2, 0) is 47.4 Å². The van der Waals surface area contributed by atoms with Crippen LogP contribution in [0.2, 0.25) is 0 Å². The van der Waals surface area contributed by atoms with Gasteiger partial charge in [0.2, 0.25) is 11.8 Å². The van der Waals surface area contributed by atoms with Gasteiger partial charge in [0.25, 0.3) is 11.5 Å². The third kappa shape index (κ3) is 6.41. The number of nitrogens with one attached hydrogen (secondary N) is 1. The highest BCUT2D eigenvalue weighted by molar-refractivity contribution is 6.01. The van der Waals surface area contributed by atoms with Gasteiger partial charge in [0.15, 0.2) is 0 Å². The second-order valence-electron chi connectivity index (χ2n) is 15.7. The second kappa shape index (κ2) is 14.7. The number of anilines is 1. The molecule has 0 saturated carbocycles. The van der Waals surface area contributed by atoms with Crippen molar-refractivity contribution in [1.82, 2.24) is 28.9 Å². The predicted octanol–water partition coefficient (Wildman–Crippen LogP) is 4.86. The van der Waals surface area contributed by atoms with E-state index >= 15 is 8.78 Å². The Labute approximate surface area is 342 Å². The highest BCUT2D eigenvalue weighted by atomic mass is 19.3. The Morgan fingerprint density at radius 3 is 2.35 bits per heavy atom. The summed E-state index contributed by atoms with van der Waals surface area (Å²) < 4.78 is 54.3. The second-order valence-corrected chi connectivity index (χ2v) is 15.7. The molecule has 14 nitrogen and oxygen atoms in total. The monoisotopic (exact) mass is 819 g/mol. The quantitative estimate of drug-likeness (QED) is 0.201. The summed E-state index contributed by atoms with van der Waals surface area (Å²) in [5.41, 5.74) is 3.80. The van der Waals surface area contributed by atoms with E-state index in [2.05, 4.69) is 15.2 Å². The molecule has 310 valence electrons. The third-order valence-corrected chi connectivity index (χ3v) is 12.1. The molecule has 3 aromatic heterocycles. The van der Waals surface area contributed by atoms with E-state index in [9.17, 15) is 19.2 Å². The van der Waals surface area contributed by atoms with E-state index in [1.165, 1.54) is 34.0 Å². The molecule has 3 aliphatic heterocycles. The molecule has 0 aliphatic carbocycles. The Balaban J connectivity index is 1.03. The molecule has 0 spiro atoms. The molecule has 6 heterocycles. The number of hydrogen-bond acceptors (Lipinski definition) is 10. The predicted molar refractivity (Wildman–Crippen MR) is 221 cm³/mol. The maximum absolute atomic E-state index is 16.4. The summed E-state index contributed by atoms with van der Waals surface area (Å²) in [4.78, 5) is 59.7. The minimum absolute atomic E-state index is 0.0937. The fourth-order valence-corrected chi connectivity index (χ4v) is 8.94. The maximum Gasteiger partial charge on any atom is 0.329 e. The zero-order chi connectivity index (χ0) is 42.2. The van der Waals surface area contributed by atoms with Crippen LogP contribution in [0.15, 0.2) is 76.6 Å². The number of para-hydroxylation sites is 1. The molecule has 0 bridgehead atoms. The number of nitrogens with zero attached hydrogens (tertiary/aromatic N) is 6. The number of carbonyl (C=O) groups excluding carboxylic acids is 2. The zero-order valence-corrected chi connectivity index (χ0v) is 33.8. The van der Waals surface area contributed by atoms with Crippen molar-refractivity contribution in [2.45, 2.75) is 44.0 Å². The molecule has 16 heteroatoms. The Morgan fingerprint density at radius 1 is 0.900 bits per heavy atom. The number of alkyl halides is 2. The SMILES string of the molecule is COc1cc(-c2cn(C)c(=O)c3cnc(N4CC(OC)C4)cc23)cc(OC)c1CN1Cc2ccc(-c3cccc4c3n(C)c(=O)n4C3CCC(=O)NC3=O)cc2C(F)(F)C1. The summed E-state index contributed by atoms with van der Waals surface area (Å²) in [7, 11) is 7.99. The highest BCUT2D eigenvalue weighted by Gasteiger charge is 2.41. The van der Waals surface area contributed by atoms with Gasteiger partial charge >= 0.3 is 5.69 Å². The number of imidazole rings is 1. The van der Waals surface area contributed by atoms with Gasteiger partial charge in [-0.15, -0.1) is 0 Å². The van der Waals surface area contributed by atoms with Crippen LogP contribution < -0.4 is 30.9 Å². The van der Waals surface area contributed by atoms with Crippen LogP contribution in [0.1, 0.15) is 35.6 Å². The number of piperidine rings is 1. The number of fused-ring (bicyclic) bond motifs is 3. The summed E-state index contributed by atoms with van der Waals surface area (Å²) in [6.45, 7) is 1.11. The third-order valence-electron chi connectivity index (χ3n) is 12.1. The largest absolute Gasteiger partial charge is 0.496 e. The molecular formula is C44H43F2N7O7. The van der Waals surface area contributed by atoms with Gasteiger partial charge in [-0.1, -0.05) is 24.3 Å². The van der Waals surface area contributed by atoms with Crippen LogP contribution in [0.3, 0.4) is 0 Å². The number of halogens is 2. The molecule has 9 rings (SSSR count). The van der Waals surface area contributed by atoms with Crippen molar-refractivity contribution >= 4 is 39.4 Å². The zero-order valence-electron chi connectivity index (χ0n) is 33.8. The first-order valence-corrected chi connectivity index (χ1v) is 19.6. The Bertz CT molecular complexity index is 2850. The molecule has 2 saturated heterocycles. The number of rotatable bonds is 9. The molecule has 3 aliphatic rings. The van der Waals surface area contributed by atoms with Crippen molar-refractivity contribution in [3.63, 3.8) is 0 Å². The normalized spacial score (nSPS) is 18.1. The number of hydrogen-bond donors (Lipinski definition) is 1. The Kier molecular flexibility index (Phi) is 9.58. The van der Waals surface area contributed by atoms with Gasteiger partial charge in [0.05, 0.1) is 48.9 Å². The van der Waals surface area contributed by atoms with Crippen molar-refractivity contribution in [1.29, 1.82) is 0 Å². The molecule has 2 fully saturated rings. The molecule has 1 atom stereocenters. The average molecular weight is 820 g/mol. The molecule has 60 heavy (non-hydrogen) atoms. The lowest BCUT2D eigenvalue weighted by Gasteiger charge is -2.39. The van der Waals surface area contributed by atoms with Gasteiger partial charge in [-0.2, -0.15) is 8.78 Å². The number of pyridine rings is 2. The maximum atomic E-state index is 16.4. The summed E-state index contributed by atoms with van der Waals surface area (Å²) in [5.74, 6) is -2.58. The van der Waals surface area contributed by atoms with Crippen molar-refractivity contribution in [3.8, 4) is 33.8 Å². The summed E-state index contributed by atoms with van der Waals surface area (Å²) in [5, 5.41) is 3.47. The van der Waals surface area contributed by atoms with E-state index < -0.39 is 36.0 Å². The summed E-state index contributed by atoms with van der Waals surface area (Å²) in [6, 6.07) is 14.9. The lowest BCUT2D eigenvalue weighted by atomic mass is 9.91. The molecule has 2 amide bonds. The van der Waals surface area contributed by atoms with Crippen molar-refractivity contribution in [3.05, 3.63) is 105 Å². The van der Waals surface area contributed by atoms with Crippen LogP contribution in [0, 0.1) is 0 Å². The molecule has 3 aromatic carbocycles. The summed E-state index contributed by atoms with van der Waals surface area (Å²) in [6.07, 6.45) is 3.76. The molecule has 1 N–H and O–H groups in total. The first kappa shape index (κ1) is 39.1. The van der Waals surface area contributed by atoms with E-state index in [-0.39, 0.29) is 43.2 Å². The number of aromatic nitrogens is 4. The van der Waals surface area contributed by atoms with Crippen LogP contribution in [0.5, 0.6) is 11.5 Å². The van der Waals surface area contributed by atoms with Gasteiger partial charge in [0, 0.05) is 88.3 Å². The van der Waals surface area contributed by atoms with Gasteiger partial charge in [-0.05, 0) is 53.4 Å². The number of benzene rings is 3. The number of ether oxygens (including phenoxy) is 3. The van der Waals surface area contributed by atoms with Crippen molar-refractivity contribution < 1.29 is 32.6 Å². The number of imide groups is 1. The van der Waals surface area contributed by atoms with Crippen LogP contribution in [0.25, 0.3) is 44.1 Å². The first-order valence-electron chi connectivity index (χ1n) is 19.6. The minimum atomic E-state index is -3.25. The first-order chi connectivity index (χ1) is 28.8. The highest BCUT2D eigenvalue weighted by Crippen LogP contribution is 2.43. The van der Waals surface area contributed by atoms with Crippen LogP contribution >= 0.6 is 0 Å². The Morgan fingerprint density at radius 2 is 1.65 bits per heavy atom. The lowest BCUT2D eigenvalue weighted by molar-refractivity contribution is -0.135. The molecule has 6 aromatic rings. The van der Waals surface area contributed by atoms with Crippen molar-refractivity contribution in [2.24, 2.45) is 14.1 Å². The topological polar surface area (TPSA) is 142 Å². The Hall–Kier alpha value is -6.39. The average Bonchev–Trinajstić information content (AvgIpc) is 3.47. The van der Waals surface area contributed by atoms with E-state index in [0.29, 0.717) is 74.2 Å². The fraction of sp³-hybridized carbons (Fsp3) is 0.341. The number of carbonyl (C=O) groups is 2. The lowest BCUT2D eigenvalue weighted by Crippen LogP contribution is -2.52. The number of amides is 2. The fourth-order valence-electron chi connectivity index (χ4n) is 8.94. The van der Waals surface area contributed by atoms with E-state index in [4.69, 9.17) is 14.2 Å². The van der Waals surface area contributed by atoms with E-state index in [1.807, 2.05) is 18.2 Å². The number of methoxy groups -OCH3 is 3. The molecule has 0 radical (unpaired) electrons. The number of aryl methyl sites for hydroxylation is 2. The van der Waals surface area contributed by atoms with E-state index in [0.717, 1.165) is 11.4 Å². The van der Waals surface area contributed by atoms with E-state index in [1.54, 1.807) is 68.8 Å². The van der Waals surface area contributed by atoms with Gasteiger partial charge in [-0.3, -0.25) is 33.7 Å². The standard InChI is InChI=1S/C44H43F2N7O7/c1-49-21-31(29-16-38(47-17-30(29)42(49)56)52-19-27(20-52)58-3)26-14-36(59-4)32(37(15-26)60-5)22-51-18-25-10-9-24(13-33(25)44(45,46)23-51)28-7-6-8-34-40(28)50(2)43(57)53(34)35-11-12-39(54)48-41(35)55/h6-10,13-17,21,27,35H,11-12,18-20,22-23H2,1-5H3,(H,48,54,55). The van der Waals surface area contributed by atoms with Gasteiger partial charge in [0.1, 0.15) is 23.4 Å². The van der Waals surface area contributed by atoms with Crippen molar-refractivity contribution in [2.75, 3.05) is 45.9 Å². The minimum Gasteiger partial charge on any atom is -0.496 e. The smallest absolute Gasteiger partial charge is 0.329 e. The van der Waals surface area contributed by atoms with Gasteiger partial charge in [-0.25, -0.2) is 9.78 Å². The van der Waals surface area contributed by atoms with Gasteiger partial charge < -0.3 is 23.7 Å². The van der Waals surface area contributed by atoms with Crippen LogP contribution in [-0.4, -0.2) is 82.5 Å². The summed E-state index contributed by atoms with van der Waals surface area (Å²) >= 11 is 0.